The number of hydrogen-bond donors (Lipinski definition) is 1. The first-order chi connectivity index (χ1) is 5.75. The molecule has 0 unspecified atom stereocenters. The molecule has 2 aliphatic rings. The van der Waals surface area contributed by atoms with Crippen LogP contribution in [0.4, 0.5) is 0 Å². The van der Waals surface area contributed by atoms with Gasteiger partial charge < -0.3 is 9.84 Å². The van der Waals surface area contributed by atoms with Crippen molar-refractivity contribution in [3.8, 4) is 0 Å². The number of esters is 1. The molecule has 0 radical (unpaired) electrons. The van der Waals surface area contributed by atoms with E-state index < -0.39 is 0 Å². The molecule has 0 heterocycles. The lowest BCUT2D eigenvalue weighted by molar-refractivity contribution is -0.146. The fourth-order valence-electron chi connectivity index (χ4n) is 2.42. The predicted octanol–water partition coefficient (Wildman–Crippen LogP) is 0.566. The lowest BCUT2D eigenvalue weighted by atomic mass is 10.1. The Bertz CT molecular complexity index is 202. The largest absolute Gasteiger partial charge is 0.466 e. The Labute approximate surface area is 71.7 Å². The van der Waals surface area contributed by atoms with Gasteiger partial charge in [-0.15, -0.1) is 0 Å². The van der Waals surface area contributed by atoms with Crippen LogP contribution in [0.5, 0.6) is 0 Å². The Balaban J connectivity index is 1.90. The first-order valence-electron chi connectivity index (χ1n) is 4.60. The summed E-state index contributed by atoms with van der Waals surface area (Å²) < 4.78 is 4.90. The van der Waals surface area contributed by atoms with Crippen molar-refractivity contribution in [3.05, 3.63) is 0 Å². The number of ether oxygens (including phenoxy) is 1. The molecule has 4 atom stereocenters. The van der Waals surface area contributed by atoms with Crippen molar-refractivity contribution in [1.29, 1.82) is 0 Å². The van der Waals surface area contributed by atoms with Gasteiger partial charge in [-0.1, -0.05) is 0 Å². The van der Waals surface area contributed by atoms with Crippen molar-refractivity contribution in [2.75, 3.05) is 6.61 Å². The van der Waals surface area contributed by atoms with Gasteiger partial charge in [0.2, 0.25) is 0 Å². The highest BCUT2D eigenvalue weighted by atomic mass is 16.5. The van der Waals surface area contributed by atoms with Crippen LogP contribution in [-0.4, -0.2) is 23.8 Å². The summed E-state index contributed by atoms with van der Waals surface area (Å²) in [6.45, 7) is 2.26. The smallest absolute Gasteiger partial charge is 0.309 e. The molecule has 68 valence electrons. The summed E-state index contributed by atoms with van der Waals surface area (Å²) in [6.07, 6.45) is 1.62. The fraction of sp³-hybridized carbons (Fsp3) is 0.889. The number of carbonyl (C=O) groups excluding carboxylic acids is 1. The highest BCUT2D eigenvalue weighted by Crippen LogP contribution is 2.57. The number of hydrogen-bond acceptors (Lipinski definition) is 3. The molecule has 3 heteroatoms. The van der Waals surface area contributed by atoms with Crippen LogP contribution in [0.15, 0.2) is 0 Å². The molecule has 2 rings (SSSR count). The highest BCUT2D eigenvalue weighted by Gasteiger charge is 2.61. The van der Waals surface area contributed by atoms with E-state index in [0.29, 0.717) is 12.5 Å². The quantitative estimate of drug-likeness (QED) is 0.616. The van der Waals surface area contributed by atoms with Gasteiger partial charge in [-0.25, -0.2) is 0 Å². The lowest BCUT2D eigenvalue weighted by Gasteiger charge is -2.06. The zero-order valence-corrected chi connectivity index (χ0v) is 7.19. The molecule has 1 N–H and O–H groups in total. The zero-order chi connectivity index (χ0) is 8.72. The third-order valence-electron chi connectivity index (χ3n) is 3.03. The van der Waals surface area contributed by atoms with Gasteiger partial charge in [-0.05, 0) is 25.7 Å². The second-order valence-electron chi connectivity index (χ2n) is 3.66. The van der Waals surface area contributed by atoms with Crippen LogP contribution < -0.4 is 0 Å². The van der Waals surface area contributed by atoms with Gasteiger partial charge in [0.25, 0.3) is 0 Å². The zero-order valence-electron chi connectivity index (χ0n) is 7.19. The number of carbonyl (C=O) groups is 1. The van der Waals surface area contributed by atoms with E-state index in [1.807, 2.05) is 6.92 Å². The van der Waals surface area contributed by atoms with Crippen LogP contribution in [0, 0.1) is 17.8 Å². The molecule has 0 saturated heterocycles. The standard InChI is InChI=1S/C9H14O3/c1-2-12-9(11)8-5-3-4-6(10)7(5)8/h5-8,10H,2-4H2,1H3/t5-,6+,7-,8+/m0/s1. The number of aliphatic hydroxyl groups is 1. The van der Waals surface area contributed by atoms with Gasteiger partial charge in [-0.3, -0.25) is 4.79 Å². The van der Waals surface area contributed by atoms with Gasteiger partial charge in [-0.2, -0.15) is 0 Å². The summed E-state index contributed by atoms with van der Waals surface area (Å²) in [7, 11) is 0. The summed E-state index contributed by atoms with van der Waals surface area (Å²) in [6, 6.07) is 0. The molecule has 0 amide bonds. The van der Waals surface area contributed by atoms with Crippen molar-refractivity contribution in [1.82, 2.24) is 0 Å². The molecule has 0 bridgehead atoms. The van der Waals surface area contributed by atoms with Crippen LogP contribution in [0.2, 0.25) is 0 Å². The third-order valence-corrected chi connectivity index (χ3v) is 3.03. The van der Waals surface area contributed by atoms with E-state index in [1.165, 1.54) is 0 Å². The van der Waals surface area contributed by atoms with Gasteiger partial charge in [0.05, 0.1) is 18.6 Å². The SMILES string of the molecule is CCOC(=O)[C@@H]1[C@H]2CC[C@@H](O)[C@H]21. The van der Waals surface area contributed by atoms with Crippen LogP contribution in [-0.2, 0) is 9.53 Å². The van der Waals surface area contributed by atoms with Crippen molar-refractivity contribution < 1.29 is 14.6 Å². The van der Waals surface area contributed by atoms with Crippen LogP contribution >= 0.6 is 0 Å². The maximum atomic E-state index is 11.2. The highest BCUT2D eigenvalue weighted by molar-refractivity contribution is 5.77. The molecule has 0 aliphatic heterocycles. The van der Waals surface area contributed by atoms with Crippen LogP contribution in [0.1, 0.15) is 19.8 Å². The Kier molecular flexibility index (Phi) is 1.83. The minimum absolute atomic E-state index is 0.0219. The van der Waals surface area contributed by atoms with Crippen molar-refractivity contribution >= 4 is 5.97 Å². The molecule has 2 saturated carbocycles. The minimum atomic E-state index is -0.246. The Morgan fingerprint density at radius 2 is 2.33 bits per heavy atom. The Hall–Kier alpha value is -0.570. The second kappa shape index (κ2) is 2.73. The van der Waals surface area contributed by atoms with Crippen LogP contribution in [0.25, 0.3) is 0 Å². The van der Waals surface area contributed by atoms with E-state index in [2.05, 4.69) is 0 Å². The molecular weight excluding hydrogens is 156 g/mol. The molecule has 0 spiro atoms. The molecule has 0 aromatic carbocycles. The average Bonchev–Trinajstić information content (AvgIpc) is 2.65. The summed E-state index contributed by atoms with van der Waals surface area (Å²) in [5.41, 5.74) is 0. The molecule has 0 aromatic heterocycles. The van der Waals surface area contributed by atoms with E-state index in [0.717, 1.165) is 12.8 Å². The Morgan fingerprint density at radius 1 is 1.58 bits per heavy atom. The van der Waals surface area contributed by atoms with E-state index in [4.69, 9.17) is 4.74 Å². The molecule has 3 nitrogen and oxygen atoms in total. The monoisotopic (exact) mass is 170 g/mol. The van der Waals surface area contributed by atoms with Gasteiger partial charge in [0.1, 0.15) is 0 Å². The summed E-state index contributed by atoms with van der Waals surface area (Å²) in [5.74, 6) is 0.572. The van der Waals surface area contributed by atoms with Crippen molar-refractivity contribution in [2.45, 2.75) is 25.9 Å². The number of rotatable bonds is 2. The van der Waals surface area contributed by atoms with Crippen LogP contribution in [0.3, 0.4) is 0 Å². The predicted molar refractivity (Wildman–Crippen MR) is 42.3 cm³/mol. The summed E-state index contributed by atoms with van der Waals surface area (Å²) >= 11 is 0. The molecule has 0 aromatic rings. The topological polar surface area (TPSA) is 46.5 Å². The van der Waals surface area contributed by atoms with Crippen molar-refractivity contribution in [2.24, 2.45) is 17.8 Å². The van der Waals surface area contributed by atoms with E-state index >= 15 is 0 Å². The van der Waals surface area contributed by atoms with Gasteiger partial charge >= 0.3 is 5.97 Å². The Morgan fingerprint density at radius 3 is 2.83 bits per heavy atom. The first kappa shape index (κ1) is 8.05. The van der Waals surface area contributed by atoms with Crippen molar-refractivity contribution in [3.63, 3.8) is 0 Å². The molecule has 12 heavy (non-hydrogen) atoms. The number of fused-ring (bicyclic) bond motifs is 1. The number of aliphatic hydroxyl groups excluding tert-OH is 1. The van der Waals surface area contributed by atoms with E-state index in [-0.39, 0.29) is 23.9 Å². The third kappa shape index (κ3) is 1.04. The maximum absolute atomic E-state index is 11.2. The molecule has 2 aliphatic carbocycles. The van der Waals surface area contributed by atoms with E-state index in [9.17, 15) is 9.90 Å². The average molecular weight is 170 g/mol. The normalized spacial score (nSPS) is 43.8. The molecular formula is C9H14O3. The maximum Gasteiger partial charge on any atom is 0.309 e. The summed E-state index contributed by atoms with van der Waals surface area (Å²) in [5, 5.41) is 9.42. The lowest BCUT2D eigenvalue weighted by Crippen LogP contribution is -2.15. The fourth-order valence-corrected chi connectivity index (χ4v) is 2.42. The van der Waals surface area contributed by atoms with Gasteiger partial charge in [0.15, 0.2) is 0 Å². The minimum Gasteiger partial charge on any atom is -0.466 e. The van der Waals surface area contributed by atoms with Gasteiger partial charge in [0, 0.05) is 5.92 Å². The first-order valence-corrected chi connectivity index (χ1v) is 4.60. The summed E-state index contributed by atoms with van der Waals surface area (Å²) in [4.78, 5) is 11.2. The second-order valence-corrected chi connectivity index (χ2v) is 3.66. The molecule has 2 fully saturated rings. The van der Waals surface area contributed by atoms with E-state index in [1.54, 1.807) is 0 Å².